The Labute approximate surface area is 86.6 Å². The fourth-order valence-electron chi connectivity index (χ4n) is 0.880. The summed E-state index contributed by atoms with van der Waals surface area (Å²) in [5, 5.41) is 9.79. The largest absolute Gasteiger partial charge is 0.502 e. The molecule has 14 heavy (non-hydrogen) atoms. The Morgan fingerprint density at radius 1 is 1.43 bits per heavy atom. The van der Waals surface area contributed by atoms with Crippen LogP contribution in [0.25, 0.3) is 6.08 Å². The molecule has 0 heterocycles. The van der Waals surface area contributed by atoms with Gasteiger partial charge in [0.05, 0.1) is 7.11 Å². The van der Waals surface area contributed by atoms with Crippen molar-refractivity contribution < 1.29 is 14.6 Å². The molecule has 1 N–H and O–H groups in total. The van der Waals surface area contributed by atoms with Crippen LogP contribution < -0.4 is 0 Å². The number of ether oxygens (including phenoxy) is 1. The van der Waals surface area contributed by atoms with Crippen LogP contribution in [0.3, 0.4) is 0 Å². The van der Waals surface area contributed by atoms with E-state index in [-0.39, 0.29) is 0 Å². The fraction of sp³-hybridized carbons (Fsp3) is 0.100. The molecule has 0 amide bonds. The maximum absolute atomic E-state index is 10.8. The summed E-state index contributed by atoms with van der Waals surface area (Å²) in [6.45, 7) is 0. The van der Waals surface area contributed by atoms with Crippen molar-refractivity contribution in [1.29, 1.82) is 0 Å². The molecule has 0 unspecified atom stereocenters. The Morgan fingerprint density at radius 3 is 2.50 bits per heavy atom. The van der Waals surface area contributed by atoms with E-state index >= 15 is 0 Å². The van der Waals surface area contributed by atoms with Crippen molar-refractivity contribution in [3.05, 3.63) is 40.6 Å². The minimum Gasteiger partial charge on any atom is -0.502 e. The molecule has 3 nitrogen and oxygen atoms in total. The predicted molar refractivity (Wildman–Crippen MR) is 54.1 cm³/mol. The summed E-state index contributed by atoms with van der Waals surface area (Å²) in [6, 6.07) is 6.69. The molecule has 74 valence electrons. The third-order valence-corrected chi connectivity index (χ3v) is 1.82. The Kier molecular flexibility index (Phi) is 3.54. The van der Waals surface area contributed by atoms with Gasteiger partial charge in [-0.1, -0.05) is 23.7 Å². The molecule has 0 saturated carbocycles. The van der Waals surface area contributed by atoms with Gasteiger partial charge < -0.3 is 9.84 Å². The highest BCUT2D eigenvalue weighted by molar-refractivity contribution is 6.30. The van der Waals surface area contributed by atoms with Crippen LogP contribution in [-0.4, -0.2) is 18.2 Å². The fourth-order valence-corrected chi connectivity index (χ4v) is 1.01. The number of rotatable bonds is 2. The normalized spacial score (nSPS) is 11.1. The van der Waals surface area contributed by atoms with Crippen molar-refractivity contribution in [3.63, 3.8) is 0 Å². The minimum absolute atomic E-state index is 0.435. The predicted octanol–water partition coefficient (Wildman–Crippen LogP) is 2.41. The van der Waals surface area contributed by atoms with E-state index in [1.807, 2.05) is 0 Å². The van der Waals surface area contributed by atoms with E-state index in [9.17, 15) is 9.90 Å². The quantitative estimate of drug-likeness (QED) is 0.465. The average Bonchev–Trinajstić information content (AvgIpc) is 2.20. The lowest BCUT2D eigenvalue weighted by atomic mass is 10.2. The Bertz CT molecular complexity index is 354. The van der Waals surface area contributed by atoms with E-state index < -0.39 is 11.7 Å². The molecule has 4 heteroatoms. The maximum Gasteiger partial charge on any atom is 0.373 e. The van der Waals surface area contributed by atoms with Gasteiger partial charge in [-0.25, -0.2) is 4.79 Å². The zero-order valence-electron chi connectivity index (χ0n) is 7.53. The lowest BCUT2D eigenvalue weighted by Crippen LogP contribution is -2.03. The minimum atomic E-state index is -0.764. The number of halogens is 1. The van der Waals surface area contributed by atoms with Crippen molar-refractivity contribution >= 4 is 23.6 Å². The molecule has 1 rings (SSSR count). The van der Waals surface area contributed by atoms with Crippen LogP contribution >= 0.6 is 11.6 Å². The Morgan fingerprint density at radius 2 is 2.00 bits per heavy atom. The summed E-state index contributed by atoms with van der Waals surface area (Å²) >= 11 is 5.66. The van der Waals surface area contributed by atoms with E-state index in [0.717, 1.165) is 0 Å². The number of aliphatic hydroxyl groups is 1. The topological polar surface area (TPSA) is 46.5 Å². The van der Waals surface area contributed by atoms with Crippen molar-refractivity contribution in [2.45, 2.75) is 0 Å². The smallest absolute Gasteiger partial charge is 0.373 e. The van der Waals surface area contributed by atoms with Gasteiger partial charge in [0.2, 0.25) is 5.76 Å². The molecule has 1 aromatic rings. The zero-order chi connectivity index (χ0) is 10.6. The van der Waals surface area contributed by atoms with Gasteiger partial charge in [0.15, 0.2) is 0 Å². The number of benzene rings is 1. The lowest BCUT2D eigenvalue weighted by molar-refractivity contribution is -0.138. The number of carbonyl (C=O) groups excluding carboxylic acids is 1. The molecule has 0 aliphatic carbocycles. The van der Waals surface area contributed by atoms with Gasteiger partial charge in [0.1, 0.15) is 0 Å². The second-order valence-corrected chi connectivity index (χ2v) is 3.01. The summed E-state index contributed by atoms with van der Waals surface area (Å²) in [6.07, 6.45) is 1.31. The molecule has 0 aromatic heterocycles. The van der Waals surface area contributed by atoms with E-state index in [0.29, 0.717) is 10.6 Å². The highest BCUT2D eigenvalue weighted by atomic mass is 35.5. The molecule has 0 aliphatic rings. The van der Waals surface area contributed by atoms with Crippen LogP contribution in [0, 0.1) is 0 Å². The molecule has 0 spiro atoms. The van der Waals surface area contributed by atoms with Crippen molar-refractivity contribution in [3.8, 4) is 0 Å². The number of hydrogen-bond donors (Lipinski definition) is 1. The van der Waals surface area contributed by atoms with Gasteiger partial charge in [-0.15, -0.1) is 0 Å². The average molecular weight is 213 g/mol. The van der Waals surface area contributed by atoms with Crippen molar-refractivity contribution in [1.82, 2.24) is 0 Å². The van der Waals surface area contributed by atoms with Crippen LogP contribution in [0.1, 0.15) is 5.56 Å². The van der Waals surface area contributed by atoms with Crippen LogP contribution in [0.4, 0.5) is 0 Å². The van der Waals surface area contributed by atoms with E-state index in [2.05, 4.69) is 4.74 Å². The summed E-state index contributed by atoms with van der Waals surface area (Å²) < 4.78 is 4.32. The SMILES string of the molecule is COC(=O)C(O)=Cc1ccc(Cl)cc1. The maximum atomic E-state index is 10.8. The van der Waals surface area contributed by atoms with E-state index in [1.165, 1.54) is 13.2 Å². The third-order valence-electron chi connectivity index (χ3n) is 1.57. The van der Waals surface area contributed by atoms with Crippen molar-refractivity contribution in [2.75, 3.05) is 7.11 Å². The first kappa shape index (κ1) is 10.6. The Hall–Kier alpha value is -1.48. The second kappa shape index (κ2) is 4.67. The second-order valence-electron chi connectivity index (χ2n) is 2.57. The number of carbonyl (C=O) groups is 1. The highest BCUT2D eigenvalue weighted by Gasteiger charge is 2.05. The molecule has 0 atom stereocenters. The monoisotopic (exact) mass is 212 g/mol. The number of methoxy groups -OCH3 is 1. The van der Waals surface area contributed by atoms with E-state index in [1.54, 1.807) is 24.3 Å². The zero-order valence-corrected chi connectivity index (χ0v) is 8.28. The number of esters is 1. The molecule has 0 bridgehead atoms. The van der Waals surface area contributed by atoms with Crippen LogP contribution in [0.15, 0.2) is 30.0 Å². The van der Waals surface area contributed by atoms with Gasteiger partial charge in [0, 0.05) is 5.02 Å². The van der Waals surface area contributed by atoms with Gasteiger partial charge in [-0.3, -0.25) is 0 Å². The summed E-state index contributed by atoms with van der Waals surface area (Å²) in [5.74, 6) is -1.20. The molecule has 0 aliphatic heterocycles. The summed E-state index contributed by atoms with van der Waals surface area (Å²) in [4.78, 5) is 10.8. The lowest BCUT2D eigenvalue weighted by Gasteiger charge is -1.97. The standard InChI is InChI=1S/C10H9ClO3/c1-14-10(13)9(12)6-7-2-4-8(11)5-3-7/h2-6,12H,1H3. The first-order valence-corrected chi connectivity index (χ1v) is 4.26. The molecule has 1 aromatic carbocycles. The van der Waals surface area contributed by atoms with Gasteiger partial charge in [-0.05, 0) is 23.8 Å². The van der Waals surface area contributed by atoms with Gasteiger partial charge in [0.25, 0.3) is 0 Å². The van der Waals surface area contributed by atoms with Crippen molar-refractivity contribution in [2.24, 2.45) is 0 Å². The van der Waals surface area contributed by atoms with E-state index in [4.69, 9.17) is 11.6 Å². The van der Waals surface area contributed by atoms with Crippen LogP contribution in [0.5, 0.6) is 0 Å². The van der Waals surface area contributed by atoms with Crippen LogP contribution in [-0.2, 0) is 9.53 Å². The molecule has 0 saturated heterocycles. The number of aliphatic hydroxyl groups excluding tert-OH is 1. The summed E-state index contributed by atoms with van der Waals surface area (Å²) in [7, 11) is 1.20. The van der Waals surface area contributed by atoms with Gasteiger partial charge >= 0.3 is 5.97 Å². The summed E-state index contributed by atoms with van der Waals surface area (Å²) in [5.41, 5.74) is 0.678. The van der Waals surface area contributed by atoms with Crippen LogP contribution in [0.2, 0.25) is 5.02 Å². The third kappa shape index (κ3) is 2.78. The molecule has 0 radical (unpaired) electrons. The first-order valence-electron chi connectivity index (χ1n) is 3.88. The highest BCUT2D eigenvalue weighted by Crippen LogP contribution is 2.12. The Balaban J connectivity index is 2.86. The first-order chi connectivity index (χ1) is 6.63. The molecular weight excluding hydrogens is 204 g/mol. The molecule has 0 fully saturated rings. The molecular formula is C10H9ClO3. The van der Waals surface area contributed by atoms with Gasteiger partial charge in [-0.2, -0.15) is 0 Å². The number of hydrogen-bond acceptors (Lipinski definition) is 3.